The van der Waals surface area contributed by atoms with Gasteiger partial charge >= 0.3 is 5.97 Å². The Bertz CT molecular complexity index is 605. The van der Waals surface area contributed by atoms with Gasteiger partial charge in [0, 0.05) is 17.1 Å². The molecular formula is C19H18FeO2-6. The van der Waals surface area contributed by atoms with Gasteiger partial charge in [0.15, 0.2) is 0 Å². The van der Waals surface area contributed by atoms with Crippen LogP contribution in [0.25, 0.3) is 0 Å². The molecule has 0 atom stereocenters. The van der Waals surface area contributed by atoms with Crippen molar-refractivity contribution >= 4 is 5.97 Å². The van der Waals surface area contributed by atoms with Gasteiger partial charge in [-0.3, -0.25) is 0 Å². The summed E-state index contributed by atoms with van der Waals surface area (Å²) in [6, 6.07) is 25.7. The Morgan fingerprint density at radius 3 is 1.95 bits per heavy atom. The second-order valence-electron chi connectivity index (χ2n) is 4.62. The van der Waals surface area contributed by atoms with E-state index in [4.69, 9.17) is 0 Å². The van der Waals surface area contributed by atoms with Gasteiger partial charge in [-0.05, 0) is 18.6 Å². The molecule has 0 fully saturated rings. The number of carbonyl (C=O) groups excluding carboxylic acids is 1. The Kier molecular flexibility index (Phi) is 7.98. The molecule has 0 amide bonds. The summed E-state index contributed by atoms with van der Waals surface area (Å²) in [5.74, 6) is -0.292. The summed E-state index contributed by atoms with van der Waals surface area (Å²) in [7, 11) is 1.39. The van der Waals surface area contributed by atoms with Gasteiger partial charge in [-0.25, -0.2) is 16.9 Å². The van der Waals surface area contributed by atoms with Crippen LogP contribution in [0.15, 0.2) is 78.9 Å². The van der Waals surface area contributed by atoms with Crippen molar-refractivity contribution in [2.45, 2.75) is 6.42 Å². The van der Waals surface area contributed by atoms with Crippen LogP contribution in [-0.2, 0) is 28.2 Å². The Morgan fingerprint density at radius 1 is 1.00 bits per heavy atom. The van der Waals surface area contributed by atoms with Crippen LogP contribution in [0.3, 0.4) is 0 Å². The monoisotopic (exact) mass is 334 g/mol. The Morgan fingerprint density at radius 2 is 1.50 bits per heavy atom. The molecule has 0 aromatic heterocycles. The molecular weight excluding hydrogens is 316 g/mol. The van der Waals surface area contributed by atoms with E-state index in [-0.39, 0.29) is 23.0 Å². The molecule has 0 bridgehead atoms. The molecule has 0 unspecified atom stereocenters. The number of methoxy groups -OCH3 is 1. The average molecular weight is 334 g/mol. The van der Waals surface area contributed by atoms with Crippen LogP contribution in [0.1, 0.15) is 21.5 Å². The van der Waals surface area contributed by atoms with Crippen molar-refractivity contribution in [3.63, 3.8) is 0 Å². The molecule has 0 spiro atoms. The summed E-state index contributed by atoms with van der Waals surface area (Å²) in [5.41, 5.74) is 3.07. The van der Waals surface area contributed by atoms with E-state index in [1.165, 1.54) is 18.2 Å². The molecule has 0 N–H and O–H groups in total. The molecule has 0 saturated carbocycles. The molecule has 3 heteroatoms. The molecule has 0 saturated heterocycles. The van der Waals surface area contributed by atoms with Crippen molar-refractivity contribution in [2.75, 3.05) is 7.11 Å². The molecule has 0 aliphatic heterocycles. The van der Waals surface area contributed by atoms with Gasteiger partial charge in [0.2, 0.25) is 0 Å². The van der Waals surface area contributed by atoms with E-state index in [0.29, 0.717) is 5.56 Å². The average Bonchev–Trinajstić information content (AvgIpc) is 3.23. The van der Waals surface area contributed by atoms with Gasteiger partial charge in [-0.15, -0.1) is 0 Å². The fraction of sp³-hybridized carbons (Fsp3) is 0.105. The van der Waals surface area contributed by atoms with Crippen molar-refractivity contribution in [2.24, 2.45) is 0 Å². The summed E-state index contributed by atoms with van der Waals surface area (Å²) in [6.07, 6.45) is 0.897. The van der Waals surface area contributed by atoms with E-state index in [1.54, 1.807) is 12.1 Å². The molecule has 0 radical (unpaired) electrons. The van der Waals surface area contributed by atoms with E-state index in [9.17, 15) is 4.79 Å². The number of ether oxygens (including phenoxy) is 1. The van der Waals surface area contributed by atoms with Crippen LogP contribution in [0, 0.1) is 0 Å². The normalized spacial score (nSPS) is 9.14. The third-order valence-corrected chi connectivity index (χ3v) is 3.07. The summed E-state index contributed by atoms with van der Waals surface area (Å²) in [4.78, 5) is 11.2. The van der Waals surface area contributed by atoms with Crippen molar-refractivity contribution in [3.8, 4) is 0 Å². The van der Waals surface area contributed by atoms with Crippen LogP contribution in [0.5, 0.6) is 0 Å². The predicted octanol–water partition coefficient (Wildman–Crippen LogP) is 4.19. The van der Waals surface area contributed by atoms with E-state index in [1.807, 2.05) is 54.6 Å². The van der Waals surface area contributed by atoms with Crippen molar-refractivity contribution in [1.82, 2.24) is 0 Å². The van der Waals surface area contributed by atoms with Gasteiger partial charge in [0.05, 0.1) is 12.7 Å². The molecule has 0 aliphatic rings. The third-order valence-electron chi connectivity index (χ3n) is 3.07. The Hall–Kier alpha value is -2.09. The van der Waals surface area contributed by atoms with E-state index in [2.05, 4.69) is 16.9 Å². The number of hydrogen-bond donors (Lipinski definition) is 0. The first kappa shape index (κ1) is 18.0. The van der Waals surface area contributed by atoms with Gasteiger partial charge in [-0.1, -0.05) is 17.7 Å². The zero-order valence-electron chi connectivity index (χ0n) is 12.4. The molecule has 0 aliphatic carbocycles. The molecule has 3 aromatic carbocycles. The quantitative estimate of drug-likeness (QED) is 0.408. The fourth-order valence-electron chi connectivity index (χ4n) is 1.96. The van der Waals surface area contributed by atoms with Crippen molar-refractivity contribution < 1.29 is 26.6 Å². The zero-order valence-corrected chi connectivity index (χ0v) is 13.5. The number of carbonyl (C=O) groups is 1. The van der Waals surface area contributed by atoms with Gasteiger partial charge < -0.3 is 35.1 Å². The van der Waals surface area contributed by atoms with Crippen LogP contribution in [0.2, 0.25) is 0 Å². The number of benzene rings is 1. The molecule has 120 valence electrons. The maximum absolute atomic E-state index is 11.2. The van der Waals surface area contributed by atoms with Crippen LogP contribution >= 0.6 is 0 Å². The first-order chi connectivity index (χ1) is 10.3. The summed E-state index contributed by atoms with van der Waals surface area (Å²) >= 11 is 0. The first-order valence-electron chi connectivity index (χ1n) is 6.84. The number of hydrogen-bond acceptors (Lipinski definition) is 2. The smallest absolute Gasteiger partial charge is 0.337 e. The minimum Gasteiger partial charge on any atom is -0.748 e. The third kappa shape index (κ3) is 5.72. The van der Waals surface area contributed by atoms with E-state index < -0.39 is 0 Å². The van der Waals surface area contributed by atoms with Gasteiger partial charge in [0.25, 0.3) is 0 Å². The van der Waals surface area contributed by atoms with Crippen molar-refractivity contribution in [3.05, 3.63) is 95.6 Å². The summed E-state index contributed by atoms with van der Waals surface area (Å²) in [6.45, 7) is 0. The van der Waals surface area contributed by atoms with Crippen LogP contribution < -0.4 is 0 Å². The molecule has 2 nitrogen and oxygen atoms in total. The number of rotatable bonds is 3. The van der Waals surface area contributed by atoms with Crippen LogP contribution in [0.4, 0.5) is 0 Å². The maximum Gasteiger partial charge on any atom is 0.337 e. The van der Waals surface area contributed by atoms with E-state index in [0.717, 1.165) is 6.42 Å². The maximum atomic E-state index is 11.2. The molecule has 3 aromatic rings. The largest absolute Gasteiger partial charge is 0.748 e. The summed E-state index contributed by atoms with van der Waals surface area (Å²) < 4.78 is 4.64. The second kappa shape index (κ2) is 9.77. The number of esters is 1. The van der Waals surface area contributed by atoms with Gasteiger partial charge in [0.1, 0.15) is 0 Å². The SMILES string of the molecule is COC(=O)c1ccc(C[c-]2cccc2)cc1.[Fe].[cH-]1[cH-][cH-][cH-][cH-]1. The fourth-order valence-corrected chi connectivity index (χ4v) is 1.96. The summed E-state index contributed by atoms with van der Waals surface area (Å²) in [5, 5.41) is 0. The minimum absolute atomic E-state index is 0. The molecule has 22 heavy (non-hydrogen) atoms. The van der Waals surface area contributed by atoms with Gasteiger partial charge in [-0.2, -0.15) is 17.7 Å². The Labute approximate surface area is 141 Å². The van der Waals surface area contributed by atoms with Crippen molar-refractivity contribution in [1.29, 1.82) is 0 Å². The van der Waals surface area contributed by atoms with E-state index >= 15 is 0 Å². The zero-order chi connectivity index (χ0) is 14.9. The Balaban J connectivity index is 0.000000344. The predicted molar refractivity (Wildman–Crippen MR) is 84.7 cm³/mol. The topological polar surface area (TPSA) is 26.3 Å². The minimum atomic E-state index is -0.292. The molecule has 3 rings (SSSR count). The first-order valence-corrected chi connectivity index (χ1v) is 6.84. The second-order valence-corrected chi connectivity index (χ2v) is 4.62. The standard InChI is InChI=1S/C14H13O2.C5H5.Fe/c1-16-14(15)13-8-6-12(7-9-13)10-11-4-2-3-5-11;1-2-4-5-3-1;/h2-9H,10H2,1H3;1-5H;/q-1;-5;. The molecule has 0 heterocycles. The van der Waals surface area contributed by atoms with Crippen LogP contribution in [-0.4, -0.2) is 13.1 Å².